The Bertz CT molecular complexity index is 1090. The summed E-state index contributed by atoms with van der Waals surface area (Å²) in [4.78, 5) is 13.9. The van der Waals surface area contributed by atoms with Crippen molar-refractivity contribution in [3.8, 4) is 33.8 Å². The minimum atomic E-state index is -1.23. The van der Waals surface area contributed by atoms with Crippen LogP contribution in [-0.2, 0) is 11.2 Å². The first-order chi connectivity index (χ1) is 15.5. The summed E-state index contributed by atoms with van der Waals surface area (Å²) in [5.41, 5.74) is 1.92. The molecule has 0 radical (unpaired) electrons. The molecule has 3 aromatic rings. The normalized spacial score (nSPS) is 11.3. The van der Waals surface area contributed by atoms with Crippen molar-refractivity contribution in [3.63, 3.8) is 0 Å². The van der Waals surface area contributed by atoms with Crippen molar-refractivity contribution in [2.45, 2.75) is 12.5 Å². The van der Waals surface area contributed by atoms with Crippen LogP contribution in [0.4, 0.5) is 0 Å². The Morgan fingerprint density at radius 2 is 1.88 bits per heavy atom. The molecule has 1 unspecified atom stereocenters. The van der Waals surface area contributed by atoms with E-state index in [1.165, 1.54) is 18.4 Å². The van der Waals surface area contributed by atoms with Crippen LogP contribution in [0.2, 0.25) is 0 Å². The lowest BCUT2D eigenvalue weighted by atomic mass is 10.1. The van der Waals surface area contributed by atoms with Gasteiger partial charge in [0.25, 0.3) is 5.91 Å². The number of benzene rings is 2. The molecule has 1 aromatic heterocycles. The number of aliphatic hydroxyl groups is 1. The maximum atomic E-state index is 12.4. The van der Waals surface area contributed by atoms with Gasteiger partial charge in [-0.25, -0.2) is 0 Å². The quantitative estimate of drug-likeness (QED) is 0.486. The molecular formula is C24H24N2O5S. The van der Waals surface area contributed by atoms with Crippen LogP contribution in [0.1, 0.15) is 16.5 Å². The summed E-state index contributed by atoms with van der Waals surface area (Å²) in [6, 6.07) is 18.6. The molecule has 0 aliphatic carbocycles. The molecule has 1 atom stereocenters. The molecule has 8 heteroatoms. The molecule has 0 saturated heterocycles. The van der Waals surface area contributed by atoms with E-state index in [9.17, 15) is 9.90 Å². The number of carbonyl (C=O) groups excluding carboxylic acids is 1. The lowest BCUT2D eigenvalue weighted by Crippen LogP contribution is -2.30. The highest BCUT2D eigenvalue weighted by Gasteiger charge is 2.19. The Kier molecular flexibility index (Phi) is 8.08. The third-order valence-corrected chi connectivity index (χ3v) is 5.94. The van der Waals surface area contributed by atoms with Crippen molar-refractivity contribution in [2.24, 2.45) is 0 Å². The second kappa shape index (κ2) is 11.2. The second-order valence-electron chi connectivity index (χ2n) is 6.81. The van der Waals surface area contributed by atoms with E-state index < -0.39 is 12.0 Å². The minimum Gasteiger partial charge on any atom is -0.497 e. The van der Waals surface area contributed by atoms with Crippen LogP contribution >= 0.6 is 11.3 Å². The standard InChI is InChI=1S/C24H24N2O5S/c1-29-18-6-4-17(5-7-18)21-9-10-22(32-21)23(27)24(28)26-13-11-16-3-8-19(31-14-12-25)20(15-16)30-2/h3-10,15,23,27H,11,13-14H2,1-2H3,(H,26,28). The molecule has 0 spiro atoms. The SMILES string of the molecule is COc1ccc(-c2ccc(C(O)C(=O)NCCc3ccc(OCC#N)c(OC)c3)s2)cc1. The van der Waals surface area contributed by atoms with Gasteiger partial charge in [0.15, 0.2) is 24.2 Å². The summed E-state index contributed by atoms with van der Waals surface area (Å²) in [5.74, 6) is 1.33. The lowest BCUT2D eigenvalue weighted by Gasteiger charge is -2.12. The zero-order valence-corrected chi connectivity index (χ0v) is 18.6. The molecule has 0 aliphatic rings. The van der Waals surface area contributed by atoms with E-state index in [1.807, 2.05) is 42.5 Å². The fourth-order valence-corrected chi connectivity index (χ4v) is 4.06. The van der Waals surface area contributed by atoms with Crippen molar-refractivity contribution in [2.75, 3.05) is 27.4 Å². The first-order valence-corrected chi connectivity index (χ1v) is 10.7. The van der Waals surface area contributed by atoms with E-state index in [1.54, 1.807) is 25.3 Å². The van der Waals surface area contributed by atoms with Gasteiger partial charge in [-0.15, -0.1) is 11.3 Å². The van der Waals surface area contributed by atoms with Crippen LogP contribution in [0.3, 0.4) is 0 Å². The molecule has 0 saturated carbocycles. The highest BCUT2D eigenvalue weighted by molar-refractivity contribution is 7.15. The highest BCUT2D eigenvalue weighted by atomic mass is 32.1. The van der Waals surface area contributed by atoms with Crippen molar-refractivity contribution >= 4 is 17.2 Å². The monoisotopic (exact) mass is 452 g/mol. The van der Waals surface area contributed by atoms with Gasteiger partial charge in [-0.2, -0.15) is 5.26 Å². The number of thiophene rings is 1. The van der Waals surface area contributed by atoms with Gasteiger partial charge >= 0.3 is 0 Å². The zero-order chi connectivity index (χ0) is 22.9. The molecule has 7 nitrogen and oxygen atoms in total. The smallest absolute Gasteiger partial charge is 0.254 e. The number of amides is 1. The fraction of sp³-hybridized carbons (Fsp3) is 0.250. The first-order valence-electron chi connectivity index (χ1n) is 9.92. The van der Waals surface area contributed by atoms with Gasteiger partial charge in [0.2, 0.25) is 0 Å². The molecule has 0 aliphatic heterocycles. The first kappa shape index (κ1) is 23.1. The predicted molar refractivity (Wildman–Crippen MR) is 122 cm³/mol. The number of hydrogen-bond donors (Lipinski definition) is 2. The molecule has 3 rings (SSSR count). The van der Waals surface area contributed by atoms with Crippen LogP contribution in [-0.4, -0.2) is 38.4 Å². The van der Waals surface area contributed by atoms with E-state index in [2.05, 4.69) is 5.32 Å². The Hall–Kier alpha value is -3.54. The van der Waals surface area contributed by atoms with E-state index in [0.29, 0.717) is 29.3 Å². The van der Waals surface area contributed by atoms with Gasteiger partial charge in [0.05, 0.1) is 14.2 Å². The highest BCUT2D eigenvalue weighted by Crippen LogP contribution is 2.32. The molecule has 166 valence electrons. The molecule has 1 heterocycles. The summed E-state index contributed by atoms with van der Waals surface area (Å²) in [7, 11) is 3.14. The van der Waals surface area contributed by atoms with Crippen LogP contribution in [0.5, 0.6) is 17.2 Å². The molecule has 2 N–H and O–H groups in total. The summed E-state index contributed by atoms with van der Waals surface area (Å²) < 4.78 is 15.8. The van der Waals surface area contributed by atoms with Crippen molar-refractivity contribution in [3.05, 3.63) is 65.0 Å². The number of nitriles is 1. The van der Waals surface area contributed by atoms with Gasteiger partial charge in [-0.05, 0) is 66.1 Å². The number of nitrogens with one attached hydrogen (secondary N) is 1. The van der Waals surface area contributed by atoms with E-state index >= 15 is 0 Å². The summed E-state index contributed by atoms with van der Waals surface area (Å²) in [6.45, 7) is 0.292. The summed E-state index contributed by atoms with van der Waals surface area (Å²) in [6.07, 6.45) is -0.683. The average molecular weight is 453 g/mol. The third-order valence-electron chi connectivity index (χ3n) is 4.75. The summed E-state index contributed by atoms with van der Waals surface area (Å²) >= 11 is 1.37. The maximum absolute atomic E-state index is 12.4. The Morgan fingerprint density at radius 3 is 2.56 bits per heavy atom. The van der Waals surface area contributed by atoms with Gasteiger partial charge in [-0.3, -0.25) is 4.79 Å². The van der Waals surface area contributed by atoms with Crippen LogP contribution in [0, 0.1) is 11.3 Å². The van der Waals surface area contributed by atoms with E-state index in [0.717, 1.165) is 21.8 Å². The number of methoxy groups -OCH3 is 2. The molecule has 1 amide bonds. The predicted octanol–water partition coefficient (Wildman–Crippen LogP) is 3.73. The second-order valence-corrected chi connectivity index (χ2v) is 7.92. The number of nitrogens with zero attached hydrogens (tertiary/aromatic N) is 1. The topological polar surface area (TPSA) is 101 Å². The van der Waals surface area contributed by atoms with Crippen LogP contribution in [0.25, 0.3) is 10.4 Å². The van der Waals surface area contributed by atoms with Gasteiger partial charge < -0.3 is 24.6 Å². The number of rotatable bonds is 10. The Balaban J connectivity index is 1.55. The number of aliphatic hydroxyl groups excluding tert-OH is 1. The number of hydrogen-bond acceptors (Lipinski definition) is 7. The minimum absolute atomic E-state index is 0.0629. The van der Waals surface area contributed by atoms with Crippen LogP contribution in [0.15, 0.2) is 54.6 Å². The number of carbonyl (C=O) groups is 1. The molecule has 32 heavy (non-hydrogen) atoms. The fourth-order valence-electron chi connectivity index (χ4n) is 3.06. The van der Waals surface area contributed by atoms with Crippen LogP contribution < -0.4 is 19.5 Å². The lowest BCUT2D eigenvalue weighted by molar-refractivity contribution is -0.129. The van der Waals surface area contributed by atoms with Gasteiger partial charge in [0, 0.05) is 16.3 Å². The Morgan fingerprint density at radius 1 is 1.09 bits per heavy atom. The van der Waals surface area contributed by atoms with E-state index in [-0.39, 0.29) is 6.61 Å². The molecule has 0 fully saturated rings. The van der Waals surface area contributed by atoms with Crippen molar-refractivity contribution in [1.82, 2.24) is 5.32 Å². The average Bonchev–Trinajstić information content (AvgIpc) is 3.32. The van der Waals surface area contributed by atoms with Gasteiger partial charge in [0.1, 0.15) is 11.8 Å². The third kappa shape index (κ3) is 5.78. The van der Waals surface area contributed by atoms with Crippen molar-refractivity contribution in [1.29, 1.82) is 5.26 Å². The molecule has 0 bridgehead atoms. The Labute approximate surface area is 190 Å². The number of ether oxygens (including phenoxy) is 3. The molecular weight excluding hydrogens is 428 g/mol. The molecule has 2 aromatic carbocycles. The zero-order valence-electron chi connectivity index (χ0n) is 17.8. The summed E-state index contributed by atoms with van der Waals surface area (Å²) in [5, 5.41) is 21.9. The van der Waals surface area contributed by atoms with Gasteiger partial charge in [-0.1, -0.05) is 6.07 Å². The maximum Gasteiger partial charge on any atom is 0.254 e. The van der Waals surface area contributed by atoms with E-state index in [4.69, 9.17) is 19.5 Å². The largest absolute Gasteiger partial charge is 0.497 e. The van der Waals surface area contributed by atoms with Crippen molar-refractivity contribution < 1.29 is 24.1 Å².